The summed E-state index contributed by atoms with van der Waals surface area (Å²) in [6.45, 7) is 0. The molecule has 17 aromatic rings. The fraction of sp³-hybridized carbons (Fsp3) is 0. The minimum absolute atomic E-state index is 1.12. The molecule has 0 fully saturated rings. The van der Waals surface area contributed by atoms with Gasteiger partial charge in [-0.1, -0.05) is 146 Å². The fourth-order valence-corrected chi connectivity index (χ4v) is 14.7. The van der Waals surface area contributed by atoms with Crippen molar-refractivity contribution in [3.8, 4) is 22.3 Å². The largest absolute Gasteiger partial charge is 0.309 e. The number of aromatic nitrogens is 2. The van der Waals surface area contributed by atoms with Gasteiger partial charge in [0.05, 0.1) is 55.8 Å². The van der Waals surface area contributed by atoms with Gasteiger partial charge in [-0.25, -0.2) is 0 Å². The molecular formula is C70H42N4S2. The molecule has 76 heavy (non-hydrogen) atoms. The van der Waals surface area contributed by atoms with E-state index in [1.165, 1.54) is 119 Å². The zero-order valence-electron chi connectivity index (χ0n) is 40.9. The van der Waals surface area contributed by atoms with Crippen molar-refractivity contribution in [2.45, 2.75) is 0 Å². The molecule has 0 atom stereocenters. The molecule has 0 aliphatic heterocycles. The number of hydrogen-bond donors (Lipinski definition) is 0. The van der Waals surface area contributed by atoms with Gasteiger partial charge in [-0.2, -0.15) is 0 Å². The van der Waals surface area contributed by atoms with Crippen LogP contribution in [0.5, 0.6) is 0 Å². The summed E-state index contributed by atoms with van der Waals surface area (Å²) in [5, 5.41) is 16.9. The Morgan fingerprint density at radius 3 is 1.09 bits per heavy atom. The van der Waals surface area contributed by atoms with Crippen molar-refractivity contribution in [2.24, 2.45) is 0 Å². The first-order valence-electron chi connectivity index (χ1n) is 25.9. The quantitative estimate of drug-likeness (QED) is 0.151. The minimum Gasteiger partial charge on any atom is -0.309 e. The van der Waals surface area contributed by atoms with Gasteiger partial charge in [0.15, 0.2) is 0 Å². The zero-order chi connectivity index (χ0) is 49.6. The summed E-state index contributed by atoms with van der Waals surface area (Å²) >= 11 is 3.60. The van der Waals surface area contributed by atoms with Gasteiger partial charge in [0.1, 0.15) is 0 Å². The number of anilines is 6. The number of para-hydroxylation sites is 4. The van der Waals surface area contributed by atoms with E-state index in [-0.39, 0.29) is 0 Å². The highest BCUT2D eigenvalue weighted by atomic mass is 32.1. The molecule has 6 heteroatoms. The van der Waals surface area contributed by atoms with Gasteiger partial charge in [0.25, 0.3) is 0 Å². The highest BCUT2D eigenvalue weighted by Gasteiger charge is 2.30. The molecule has 0 amide bonds. The van der Waals surface area contributed by atoms with E-state index < -0.39 is 0 Å². The highest BCUT2D eigenvalue weighted by Crippen LogP contribution is 2.54. The lowest BCUT2D eigenvalue weighted by Gasteiger charge is -2.29. The first-order chi connectivity index (χ1) is 37.8. The summed E-state index contributed by atoms with van der Waals surface area (Å²) < 4.78 is 7.67. The van der Waals surface area contributed by atoms with Crippen LogP contribution in [0, 0.1) is 0 Å². The molecule has 354 valence electrons. The highest BCUT2D eigenvalue weighted by molar-refractivity contribution is 7.17. The Kier molecular flexibility index (Phi) is 8.84. The normalized spacial score (nSPS) is 12.2. The number of fused-ring (bicyclic) bond motifs is 14. The van der Waals surface area contributed by atoms with E-state index in [4.69, 9.17) is 0 Å². The van der Waals surface area contributed by atoms with Crippen LogP contribution in [0.15, 0.2) is 253 Å². The van der Waals surface area contributed by atoms with Crippen LogP contribution in [-0.4, -0.2) is 8.80 Å². The molecule has 0 radical (unpaired) electrons. The molecule has 0 saturated carbocycles. The van der Waals surface area contributed by atoms with Crippen molar-refractivity contribution in [1.29, 1.82) is 0 Å². The lowest BCUT2D eigenvalue weighted by molar-refractivity contribution is 1.30. The Morgan fingerprint density at radius 1 is 0.276 bits per heavy atom. The van der Waals surface area contributed by atoms with Gasteiger partial charge in [-0.05, 0) is 119 Å². The van der Waals surface area contributed by atoms with Crippen molar-refractivity contribution < 1.29 is 0 Å². The zero-order valence-corrected chi connectivity index (χ0v) is 42.5. The van der Waals surface area contributed by atoms with Crippen LogP contribution in [0.3, 0.4) is 0 Å². The Labute approximate surface area is 444 Å². The van der Waals surface area contributed by atoms with Crippen LogP contribution in [-0.2, 0) is 0 Å². The number of thiophene rings is 2. The second-order valence-corrected chi connectivity index (χ2v) is 21.9. The summed E-state index contributed by atoms with van der Waals surface area (Å²) in [4.78, 5) is 5.02. The molecule has 4 nitrogen and oxygen atoms in total. The van der Waals surface area contributed by atoms with Crippen LogP contribution in [0.4, 0.5) is 34.1 Å². The number of hydrogen-bond acceptors (Lipinski definition) is 4. The van der Waals surface area contributed by atoms with Crippen LogP contribution in [0.2, 0.25) is 0 Å². The van der Waals surface area contributed by atoms with Crippen molar-refractivity contribution in [2.75, 3.05) is 9.80 Å². The first-order valence-corrected chi connectivity index (χ1v) is 27.7. The maximum absolute atomic E-state index is 2.56. The summed E-state index contributed by atoms with van der Waals surface area (Å²) in [5.74, 6) is 0. The third-order valence-corrected chi connectivity index (χ3v) is 17.9. The monoisotopic (exact) mass is 1000 g/mol. The van der Waals surface area contributed by atoms with E-state index in [0.29, 0.717) is 0 Å². The number of nitrogens with zero attached hydrogens (tertiary/aromatic N) is 4. The molecular weight excluding hydrogens is 961 g/mol. The van der Waals surface area contributed by atoms with E-state index in [0.717, 1.165) is 34.1 Å². The minimum atomic E-state index is 1.12. The molecule has 0 aliphatic rings. The maximum atomic E-state index is 2.56. The van der Waals surface area contributed by atoms with E-state index in [1.54, 1.807) is 22.7 Å². The van der Waals surface area contributed by atoms with Crippen molar-refractivity contribution in [3.63, 3.8) is 0 Å². The SMILES string of the molecule is c1ccc(-c2c(N(c3ccccc3)c3ccc4c5cc6c(cc5n5c7ccccc7c3c45)c3ccc(N(c4ccccc4)c4ccc5sccc5c4-c4ccccc4)c4c5ccccc5n6c34)ccc3sccc23)cc1. The smallest absolute Gasteiger partial charge is 0.0641 e. The van der Waals surface area contributed by atoms with Crippen molar-refractivity contribution >= 4 is 153 Å². The predicted molar refractivity (Wildman–Crippen MR) is 327 cm³/mol. The second kappa shape index (κ2) is 16.0. The van der Waals surface area contributed by atoms with E-state index in [1.807, 2.05) is 0 Å². The van der Waals surface area contributed by atoms with Gasteiger partial charge in [0.2, 0.25) is 0 Å². The number of rotatable bonds is 8. The first kappa shape index (κ1) is 42.0. The van der Waals surface area contributed by atoms with Crippen molar-refractivity contribution in [3.05, 3.63) is 253 Å². The summed E-state index contributed by atoms with van der Waals surface area (Å²) in [7, 11) is 0. The topological polar surface area (TPSA) is 15.3 Å². The molecule has 6 heterocycles. The molecule has 0 unspecified atom stereocenters. The molecule has 0 N–H and O–H groups in total. The van der Waals surface area contributed by atoms with Crippen LogP contribution < -0.4 is 9.80 Å². The van der Waals surface area contributed by atoms with Gasteiger partial charge in [0, 0.05) is 85.8 Å². The molecule has 6 aromatic heterocycles. The van der Waals surface area contributed by atoms with Crippen LogP contribution in [0.25, 0.3) is 119 Å². The lowest BCUT2D eigenvalue weighted by atomic mass is 9.97. The fourth-order valence-electron chi connectivity index (χ4n) is 13.1. The van der Waals surface area contributed by atoms with Crippen LogP contribution >= 0.6 is 22.7 Å². The summed E-state index contributed by atoms with van der Waals surface area (Å²) in [6.07, 6.45) is 0. The Morgan fingerprint density at radius 2 is 0.658 bits per heavy atom. The van der Waals surface area contributed by atoms with Crippen LogP contribution in [0.1, 0.15) is 0 Å². The second-order valence-electron chi connectivity index (χ2n) is 20.0. The van der Waals surface area contributed by atoms with Gasteiger partial charge in [-0.3, -0.25) is 0 Å². The number of benzene rings is 11. The molecule has 0 saturated heterocycles. The molecule has 17 rings (SSSR count). The predicted octanol–water partition coefficient (Wildman–Crippen LogP) is 20.7. The molecule has 0 bridgehead atoms. The lowest BCUT2D eigenvalue weighted by Crippen LogP contribution is -2.11. The Hall–Kier alpha value is -9.46. The van der Waals surface area contributed by atoms with E-state index in [2.05, 4.69) is 272 Å². The average molecular weight is 1000 g/mol. The third-order valence-electron chi connectivity index (χ3n) is 16.1. The Balaban J connectivity index is 0.947. The maximum Gasteiger partial charge on any atom is 0.0641 e. The van der Waals surface area contributed by atoms with E-state index >= 15 is 0 Å². The molecule has 11 aromatic carbocycles. The molecule has 0 aliphatic carbocycles. The standard InChI is InChI=1S/C70H42N4S2/c1-5-17-43(18-6-1)65-51-37-39-75-63(51)35-33-57(65)71(45-21-9-3-10-22-45)59-31-29-47-53-41-62-54(42-61(53)73-55-27-15-13-25-49(55)67(59)69(47)73)48-30-32-60(68-50-26-14-16-28-56(50)74(62)70(48)68)72(46-23-11-4-12-24-46)58-34-36-64-52(38-40-76-64)66(58)44-19-7-2-8-20-44/h1-42H. The van der Waals surface area contributed by atoms with Gasteiger partial charge in [-0.15, -0.1) is 22.7 Å². The summed E-state index contributed by atoms with van der Waals surface area (Å²) in [5.41, 5.74) is 19.0. The summed E-state index contributed by atoms with van der Waals surface area (Å²) in [6, 6.07) is 90.1. The van der Waals surface area contributed by atoms with Gasteiger partial charge >= 0.3 is 0 Å². The average Bonchev–Trinajstić information content (AvgIpc) is 4.46. The van der Waals surface area contributed by atoms with E-state index in [9.17, 15) is 0 Å². The van der Waals surface area contributed by atoms with Crippen molar-refractivity contribution in [1.82, 2.24) is 8.80 Å². The van der Waals surface area contributed by atoms with Gasteiger partial charge < -0.3 is 18.6 Å². The third kappa shape index (κ3) is 5.77. The molecule has 0 spiro atoms. The Bertz CT molecular complexity index is 4790.